The highest BCUT2D eigenvalue weighted by molar-refractivity contribution is 5.95. The van der Waals surface area contributed by atoms with Gasteiger partial charge in [0.25, 0.3) is 0 Å². The summed E-state index contributed by atoms with van der Waals surface area (Å²) in [6.45, 7) is 2.21. The van der Waals surface area contributed by atoms with Crippen LogP contribution in [0.25, 0.3) is 10.9 Å². The van der Waals surface area contributed by atoms with Gasteiger partial charge in [0.15, 0.2) is 0 Å². The molecule has 0 aliphatic rings. The summed E-state index contributed by atoms with van der Waals surface area (Å²) in [5.74, 6) is 0.205. The highest BCUT2D eigenvalue weighted by Crippen LogP contribution is 2.29. The summed E-state index contributed by atoms with van der Waals surface area (Å²) in [5.41, 5.74) is 3.97. The molecule has 0 saturated heterocycles. The highest BCUT2D eigenvalue weighted by atomic mass is 35.5. The Morgan fingerprint density at radius 3 is 2.57 bits per heavy atom. The Labute approximate surface area is 142 Å². The summed E-state index contributed by atoms with van der Waals surface area (Å²) >= 11 is 0. The molecule has 0 atom stereocenters. The number of hydrogen-bond acceptors (Lipinski definition) is 3. The van der Waals surface area contributed by atoms with Gasteiger partial charge in [-0.1, -0.05) is 37.6 Å². The molecule has 0 saturated carbocycles. The number of aromatic hydroxyl groups is 1. The number of fused-ring (bicyclic) bond motifs is 1. The number of unbranched alkanes of at least 4 members (excludes halogenated alkanes) is 1. The Morgan fingerprint density at radius 1 is 1.04 bits per heavy atom. The summed E-state index contributed by atoms with van der Waals surface area (Å²) in [7, 11) is 0. The van der Waals surface area contributed by atoms with Gasteiger partial charge in [0.05, 0.1) is 0 Å². The van der Waals surface area contributed by atoms with Crippen LogP contribution in [-0.2, 0) is 6.42 Å². The predicted molar refractivity (Wildman–Crippen MR) is 99.0 cm³/mol. The molecule has 0 spiro atoms. The van der Waals surface area contributed by atoms with E-state index < -0.39 is 0 Å². The third-order valence-electron chi connectivity index (χ3n) is 3.80. The van der Waals surface area contributed by atoms with Crippen LogP contribution in [0.15, 0.2) is 54.7 Å². The highest BCUT2D eigenvalue weighted by Gasteiger charge is 2.05. The largest absolute Gasteiger partial charge is 0.506 e. The Balaban J connectivity index is 0.00000192. The molecule has 2 N–H and O–H groups in total. The molecule has 4 heteroatoms. The second-order valence-corrected chi connectivity index (χ2v) is 5.46. The number of phenols is 1. The van der Waals surface area contributed by atoms with Gasteiger partial charge >= 0.3 is 0 Å². The van der Waals surface area contributed by atoms with E-state index in [4.69, 9.17) is 0 Å². The van der Waals surface area contributed by atoms with E-state index in [1.807, 2.05) is 18.2 Å². The minimum absolute atomic E-state index is 0. The fourth-order valence-corrected chi connectivity index (χ4v) is 2.56. The number of aromatic nitrogens is 1. The quantitative estimate of drug-likeness (QED) is 0.654. The van der Waals surface area contributed by atoms with Crippen LogP contribution in [0, 0.1) is 0 Å². The third kappa shape index (κ3) is 3.93. The van der Waals surface area contributed by atoms with Crippen molar-refractivity contribution < 1.29 is 5.11 Å². The van der Waals surface area contributed by atoms with E-state index >= 15 is 0 Å². The van der Waals surface area contributed by atoms with Crippen molar-refractivity contribution in [2.75, 3.05) is 5.32 Å². The van der Waals surface area contributed by atoms with E-state index in [0.29, 0.717) is 5.52 Å². The van der Waals surface area contributed by atoms with E-state index in [0.717, 1.165) is 23.2 Å². The van der Waals surface area contributed by atoms with Gasteiger partial charge < -0.3 is 10.4 Å². The van der Waals surface area contributed by atoms with Crippen molar-refractivity contribution in [1.82, 2.24) is 4.98 Å². The molecule has 0 aliphatic carbocycles. The molecule has 1 heterocycles. The van der Waals surface area contributed by atoms with Crippen molar-refractivity contribution in [2.24, 2.45) is 0 Å². The molecule has 0 radical (unpaired) electrons. The first-order valence-corrected chi connectivity index (χ1v) is 7.70. The van der Waals surface area contributed by atoms with Crippen molar-refractivity contribution >= 4 is 34.7 Å². The number of hydrogen-bond donors (Lipinski definition) is 2. The molecule has 23 heavy (non-hydrogen) atoms. The molecular weight excluding hydrogens is 308 g/mol. The zero-order valence-electron chi connectivity index (χ0n) is 13.1. The molecule has 1 aromatic heterocycles. The van der Waals surface area contributed by atoms with Crippen LogP contribution in [0.4, 0.5) is 11.4 Å². The van der Waals surface area contributed by atoms with Gasteiger partial charge in [0.2, 0.25) is 0 Å². The van der Waals surface area contributed by atoms with Crippen molar-refractivity contribution in [2.45, 2.75) is 26.2 Å². The van der Waals surface area contributed by atoms with E-state index in [9.17, 15) is 5.11 Å². The normalized spacial score (nSPS) is 10.3. The summed E-state index contributed by atoms with van der Waals surface area (Å²) in [6.07, 6.45) is 5.27. The van der Waals surface area contributed by atoms with Crippen LogP contribution in [0.2, 0.25) is 0 Å². The minimum Gasteiger partial charge on any atom is -0.506 e. The van der Waals surface area contributed by atoms with Gasteiger partial charge in [-0.15, -0.1) is 12.4 Å². The van der Waals surface area contributed by atoms with E-state index in [2.05, 4.69) is 41.5 Å². The van der Waals surface area contributed by atoms with E-state index in [-0.39, 0.29) is 18.2 Å². The predicted octanol–water partition coefficient (Wildman–Crippen LogP) is 5.45. The number of halogens is 1. The fraction of sp³-hybridized carbons (Fsp3) is 0.211. The van der Waals surface area contributed by atoms with E-state index in [1.165, 1.54) is 18.4 Å². The molecule has 3 aromatic rings. The lowest BCUT2D eigenvalue weighted by atomic mass is 10.1. The summed E-state index contributed by atoms with van der Waals surface area (Å²) in [6, 6.07) is 15.9. The first-order valence-electron chi connectivity index (χ1n) is 7.70. The molecule has 3 rings (SSSR count). The average molecular weight is 329 g/mol. The van der Waals surface area contributed by atoms with Crippen LogP contribution >= 0.6 is 12.4 Å². The first-order chi connectivity index (χ1) is 10.8. The number of aryl methyl sites for hydroxylation is 1. The van der Waals surface area contributed by atoms with Gasteiger partial charge in [0, 0.05) is 23.0 Å². The molecule has 120 valence electrons. The van der Waals surface area contributed by atoms with Crippen molar-refractivity contribution in [3.8, 4) is 5.75 Å². The van der Waals surface area contributed by atoms with Crippen molar-refractivity contribution in [3.63, 3.8) is 0 Å². The van der Waals surface area contributed by atoms with Gasteiger partial charge in [-0.05, 0) is 42.7 Å². The second-order valence-electron chi connectivity index (χ2n) is 5.46. The van der Waals surface area contributed by atoms with Gasteiger partial charge in [-0.25, -0.2) is 0 Å². The summed E-state index contributed by atoms with van der Waals surface area (Å²) < 4.78 is 0. The topological polar surface area (TPSA) is 45.2 Å². The first kappa shape index (κ1) is 17.1. The molecule has 0 fully saturated rings. The number of anilines is 2. The smallest absolute Gasteiger partial charge is 0.141 e. The number of benzene rings is 2. The minimum atomic E-state index is 0. The lowest BCUT2D eigenvalue weighted by Gasteiger charge is -2.10. The number of phenolic OH excluding ortho intramolecular Hbond substituents is 1. The molecule has 0 amide bonds. The maximum Gasteiger partial charge on any atom is 0.141 e. The Morgan fingerprint density at radius 2 is 1.83 bits per heavy atom. The standard InChI is InChI=1S/C19H20N2O.ClH/c1-2-3-5-14-8-10-15(11-9-14)21-17-12-13-20-19-16(17)6-4-7-18(19)22;/h4,6-13,22H,2-3,5H2,1H3,(H,20,21);1H. The maximum atomic E-state index is 9.89. The van der Waals surface area contributed by atoms with Crippen LogP contribution < -0.4 is 5.32 Å². The third-order valence-corrected chi connectivity index (χ3v) is 3.80. The molecule has 0 aliphatic heterocycles. The van der Waals surface area contributed by atoms with Crippen LogP contribution in [-0.4, -0.2) is 10.1 Å². The molecular formula is C19H21ClN2O. The van der Waals surface area contributed by atoms with Crippen LogP contribution in [0.1, 0.15) is 25.3 Å². The average Bonchev–Trinajstić information content (AvgIpc) is 2.55. The molecule has 2 aromatic carbocycles. The summed E-state index contributed by atoms with van der Waals surface area (Å²) in [4.78, 5) is 4.24. The Bertz CT molecular complexity index is 772. The number of pyridine rings is 1. The number of rotatable bonds is 5. The fourth-order valence-electron chi connectivity index (χ4n) is 2.56. The van der Waals surface area contributed by atoms with Gasteiger partial charge in [0.1, 0.15) is 11.3 Å². The lowest BCUT2D eigenvalue weighted by Crippen LogP contribution is -1.93. The lowest BCUT2D eigenvalue weighted by molar-refractivity contribution is 0.480. The van der Waals surface area contributed by atoms with E-state index in [1.54, 1.807) is 12.3 Å². The van der Waals surface area contributed by atoms with Gasteiger partial charge in [-0.2, -0.15) is 0 Å². The SMILES string of the molecule is CCCCc1ccc(Nc2ccnc3c(O)cccc23)cc1.Cl. The van der Waals surface area contributed by atoms with Crippen molar-refractivity contribution in [1.29, 1.82) is 0 Å². The monoisotopic (exact) mass is 328 g/mol. The molecule has 0 bridgehead atoms. The zero-order valence-corrected chi connectivity index (χ0v) is 13.9. The number of para-hydroxylation sites is 1. The molecule has 3 nitrogen and oxygen atoms in total. The summed E-state index contributed by atoms with van der Waals surface area (Å²) in [5, 5.41) is 14.2. The maximum absolute atomic E-state index is 9.89. The Hall–Kier alpha value is -2.26. The zero-order chi connectivity index (χ0) is 15.4. The van der Waals surface area contributed by atoms with Crippen molar-refractivity contribution in [3.05, 3.63) is 60.3 Å². The number of nitrogens with one attached hydrogen (secondary N) is 1. The van der Waals surface area contributed by atoms with Gasteiger partial charge in [-0.3, -0.25) is 4.98 Å². The Kier molecular flexibility index (Phi) is 5.83. The van der Waals surface area contributed by atoms with Crippen LogP contribution in [0.5, 0.6) is 5.75 Å². The second kappa shape index (κ2) is 7.84. The number of nitrogens with zero attached hydrogens (tertiary/aromatic N) is 1. The van der Waals surface area contributed by atoms with Crippen LogP contribution in [0.3, 0.4) is 0 Å². The molecule has 0 unspecified atom stereocenters.